The van der Waals surface area contributed by atoms with Crippen LogP contribution < -0.4 is 5.32 Å². The molecule has 1 aliphatic heterocycles. The van der Waals surface area contributed by atoms with Crippen LogP contribution in [0.3, 0.4) is 0 Å². The third-order valence-corrected chi connectivity index (χ3v) is 4.97. The van der Waals surface area contributed by atoms with Crippen LogP contribution in [0, 0.1) is 11.6 Å². The standard InChI is InChI=1S/C20H18F5N3O2/c1-2-27(11-14-15(21)9-6-10-16(14)22)12-28-17(29)19(20(23,24)25,26-18(28)30)13-7-4-3-5-8-13/h3-10H,2,11-12H2,1H3,(H,26,30). The summed E-state index contributed by atoms with van der Waals surface area (Å²) in [6.07, 6.45) is -5.11. The van der Waals surface area contributed by atoms with Crippen LogP contribution in [0.15, 0.2) is 48.5 Å². The molecule has 3 rings (SSSR count). The predicted molar refractivity (Wildman–Crippen MR) is 96.9 cm³/mol. The Morgan fingerprint density at radius 2 is 1.60 bits per heavy atom. The number of carbonyl (C=O) groups is 2. The first-order chi connectivity index (χ1) is 14.1. The Hall–Kier alpha value is -3.01. The number of hydrogen-bond donors (Lipinski definition) is 1. The summed E-state index contributed by atoms with van der Waals surface area (Å²) >= 11 is 0. The molecule has 0 spiro atoms. The molecule has 0 radical (unpaired) electrons. The summed E-state index contributed by atoms with van der Waals surface area (Å²) in [4.78, 5) is 26.9. The molecule has 1 atom stereocenters. The van der Waals surface area contributed by atoms with E-state index in [2.05, 4.69) is 0 Å². The van der Waals surface area contributed by atoms with Crippen molar-refractivity contribution >= 4 is 11.9 Å². The van der Waals surface area contributed by atoms with Gasteiger partial charge in [-0.1, -0.05) is 43.3 Å². The first-order valence-corrected chi connectivity index (χ1v) is 9.03. The molecule has 160 valence electrons. The first kappa shape index (κ1) is 21.7. The molecule has 1 saturated heterocycles. The molecule has 1 heterocycles. The normalized spacial score (nSPS) is 19.5. The van der Waals surface area contributed by atoms with Crippen LogP contribution in [0.4, 0.5) is 26.7 Å². The van der Waals surface area contributed by atoms with Gasteiger partial charge in [0.25, 0.3) is 5.91 Å². The van der Waals surface area contributed by atoms with Gasteiger partial charge in [-0.15, -0.1) is 0 Å². The van der Waals surface area contributed by atoms with E-state index in [4.69, 9.17) is 0 Å². The van der Waals surface area contributed by atoms with E-state index in [0.29, 0.717) is 4.90 Å². The minimum Gasteiger partial charge on any atom is -0.312 e. The van der Waals surface area contributed by atoms with E-state index in [-0.39, 0.29) is 18.7 Å². The quantitative estimate of drug-likeness (QED) is 0.564. The number of rotatable bonds is 6. The fourth-order valence-corrected chi connectivity index (χ4v) is 3.31. The van der Waals surface area contributed by atoms with E-state index in [1.54, 1.807) is 12.2 Å². The van der Waals surface area contributed by atoms with Gasteiger partial charge in [0.2, 0.25) is 5.54 Å². The van der Waals surface area contributed by atoms with E-state index in [9.17, 15) is 31.5 Å². The lowest BCUT2D eigenvalue weighted by atomic mass is 9.89. The van der Waals surface area contributed by atoms with E-state index in [0.717, 1.165) is 24.3 Å². The number of halogens is 5. The van der Waals surface area contributed by atoms with Crippen LogP contribution in [0.2, 0.25) is 0 Å². The van der Waals surface area contributed by atoms with E-state index in [1.807, 2.05) is 0 Å². The SMILES string of the molecule is CCN(Cc1c(F)cccc1F)CN1C(=O)NC(c2ccccc2)(C(F)(F)F)C1=O. The smallest absolute Gasteiger partial charge is 0.312 e. The Morgan fingerprint density at radius 1 is 1.00 bits per heavy atom. The molecule has 0 saturated carbocycles. The lowest BCUT2D eigenvalue weighted by Gasteiger charge is -2.30. The number of amides is 3. The van der Waals surface area contributed by atoms with Crippen molar-refractivity contribution in [3.05, 3.63) is 71.3 Å². The van der Waals surface area contributed by atoms with Crippen molar-refractivity contribution < 1.29 is 31.5 Å². The number of hydrogen-bond acceptors (Lipinski definition) is 3. The molecule has 3 amide bonds. The Morgan fingerprint density at radius 3 is 2.13 bits per heavy atom. The summed E-state index contributed by atoms with van der Waals surface area (Å²) in [6.45, 7) is 0.802. The van der Waals surface area contributed by atoms with Crippen molar-refractivity contribution in [3.8, 4) is 0 Å². The molecule has 1 unspecified atom stereocenters. The number of benzene rings is 2. The van der Waals surface area contributed by atoms with E-state index in [1.165, 1.54) is 29.2 Å². The molecule has 10 heteroatoms. The molecule has 0 aromatic heterocycles. The Kier molecular flexibility index (Phi) is 5.80. The third kappa shape index (κ3) is 3.62. The summed E-state index contributed by atoms with van der Waals surface area (Å²) in [7, 11) is 0. The molecular formula is C20H18F5N3O2. The Balaban J connectivity index is 1.91. The maximum Gasteiger partial charge on any atom is 0.425 e. The summed E-state index contributed by atoms with van der Waals surface area (Å²) in [5.41, 5.74) is -3.97. The van der Waals surface area contributed by atoms with E-state index < -0.39 is 47.5 Å². The van der Waals surface area contributed by atoms with Crippen molar-refractivity contribution in [2.45, 2.75) is 25.2 Å². The van der Waals surface area contributed by atoms with Crippen molar-refractivity contribution in [3.63, 3.8) is 0 Å². The van der Waals surface area contributed by atoms with Crippen LogP contribution in [0.1, 0.15) is 18.1 Å². The molecule has 2 aromatic rings. The van der Waals surface area contributed by atoms with Gasteiger partial charge in [-0.2, -0.15) is 13.2 Å². The van der Waals surface area contributed by atoms with Crippen LogP contribution in [0.25, 0.3) is 0 Å². The van der Waals surface area contributed by atoms with Gasteiger partial charge < -0.3 is 5.32 Å². The topological polar surface area (TPSA) is 52.6 Å². The zero-order valence-electron chi connectivity index (χ0n) is 15.8. The molecule has 0 bridgehead atoms. The number of carbonyl (C=O) groups excluding carboxylic acids is 2. The van der Waals surface area contributed by atoms with Gasteiger partial charge in [-0.05, 0) is 24.2 Å². The van der Waals surface area contributed by atoms with Crippen LogP contribution in [-0.2, 0) is 16.9 Å². The summed E-state index contributed by atoms with van der Waals surface area (Å²) in [5, 5.41) is 1.78. The highest BCUT2D eigenvalue weighted by Gasteiger charge is 2.68. The first-order valence-electron chi connectivity index (χ1n) is 9.03. The largest absolute Gasteiger partial charge is 0.425 e. The second-order valence-corrected chi connectivity index (χ2v) is 6.76. The van der Waals surface area contributed by atoms with Gasteiger partial charge >= 0.3 is 12.2 Å². The molecular weight excluding hydrogens is 409 g/mol. The molecule has 5 nitrogen and oxygen atoms in total. The summed E-state index contributed by atoms with van der Waals surface area (Å²) in [5.74, 6) is -3.17. The number of urea groups is 1. The third-order valence-electron chi connectivity index (χ3n) is 4.97. The van der Waals surface area contributed by atoms with Crippen molar-refractivity contribution in [2.75, 3.05) is 13.2 Å². The zero-order chi connectivity index (χ0) is 22.1. The minimum absolute atomic E-state index is 0.120. The zero-order valence-corrected chi connectivity index (χ0v) is 15.8. The van der Waals surface area contributed by atoms with Gasteiger partial charge in [-0.3, -0.25) is 9.69 Å². The molecule has 1 N–H and O–H groups in total. The van der Waals surface area contributed by atoms with Gasteiger partial charge in [0.1, 0.15) is 11.6 Å². The van der Waals surface area contributed by atoms with Crippen LogP contribution in [-0.4, -0.2) is 41.1 Å². The molecule has 1 aliphatic rings. The van der Waals surface area contributed by atoms with Gasteiger partial charge in [0.15, 0.2) is 0 Å². The second kappa shape index (κ2) is 8.02. The second-order valence-electron chi connectivity index (χ2n) is 6.76. The highest BCUT2D eigenvalue weighted by Crippen LogP contribution is 2.43. The van der Waals surface area contributed by atoms with Gasteiger partial charge in [0.05, 0.1) is 6.67 Å². The number of nitrogens with one attached hydrogen (secondary N) is 1. The van der Waals surface area contributed by atoms with Gasteiger partial charge in [-0.25, -0.2) is 18.5 Å². The number of alkyl halides is 3. The van der Waals surface area contributed by atoms with Crippen molar-refractivity contribution in [1.82, 2.24) is 15.1 Å². The molecule has 30 heavy (non-hydrogen) atoms. The highest BCUT2D eigenvalue weighted by atomic mass is 19.4. The van der Waals surface area contributed by atoms with Crippen molar-refractivity contribution in [1.29, 1.82) is 0 Å². The minimum atomic E-state index is -5.11. The summed E-state index contributed by atoms with van der Waals surface area (Å²) < 4.78 is 69.9. The lowest BCUT2D eigenvalue weighted by Crippen LogP contribution is -2.56. The van der Waals surface area contributed by atoms with Crippen LogP contribution in [0.5, 0.6) is 0 Å². The fourth-order valence-electron chi connectivity index (χ4n) is 3.31. The fraction of sp³-hybridized carbons (Fsp3) is 0.300. The maximum atomic E-state index is 14.0. The number of nitrogens with zero attached hydrogens (tertiary/aromatic N) is 2. The Bertz CT molecular complexity index is 931. The average Bonchev–Trinajstić information content (AvgIpc) is 2.96. The molecule has 2 aromatic carbocycles. The molecule has 0 aliphatic carbocycles. The predicted octanol–water partition coefficient (Wildman–Crippen LogP) is 3.75. The maximum absolute atomic E-state index is 14.0. The monoisotopic (exact) mass is 427 g/mol. The summed E-state index contributed by atoms with van der Waals surface area (Å²) in [6, 6.07) is 8.35. The highest BCUT2D eigenvalue weighted by molar-refractivity contribution is 6.08. The number of imide groups is 1. The average molecular weight is 427 g/mol. The van der Waals surface area contributed by atoms with Gasteiger partial charge in [0, 0.05) is 12.1 Å². The van der Waals surface area contributed by atoms with Crippen LogP contribution >= 0.6 is 0 Å². The van der Waals surface area contributed by atoms with E-state index >= 15 is 0 Å². The Labute approximate surface area is 169 Å². The molecule has 1 fully saturated rings. The van der Waals surface area contributed by atoms with Crippen molar-refractivity contribution in [2.24, 2.45) is 0 Å². The lowest BCUT2D eigenvalue weighted by molar-refractivity contribution is -0.198.